The van der Waals surface area contributed by atoms with Gasteiger partial charge in [-0.05, 0) is 31.0 Å². The molecule has 4 amide bonds. The van der Waals surface area contributed by atoms with E-state index in [1.54, 1.807) is 0 Å². The first-order chi connectivity index (χ1) is 12.8. The van der Waals surface area contributed by atoms with Crippen LogP contribution < -0.4 is 10.7 Å². The van der Waals surface area contributed by atoms with Crippen LogP contribution in [0, 0.1) is 0 Å². The van der Waals surface area contributed by atoms with Gasteiger partial charge in [-0.2, -0.15) is 5.01 Å². The maximum Gasteiger partial charge on any atom is 0.344 e. The SMILES string of the molecule is O=C(COC(=O)c1ccc(Cl)cc1O)NN1C(=O)NC2(CCCCC2)C1=O. The summed E-state index contributed by atoms with van der Waals surface area (Å²) in [6.45, 7) is -0.731. The summed E-state index contributed by atoms with van der Waals surface area (Å²) in [7, 11) is 0. The predicted octanol–water partition coefficient (Wildman–Crippen LogP) is 1.49. The van der Waals surface area contributed by atoms with Crippen molar-refractivity contribution in [2.24, 2.45) is 0 Å². The topological polar surface area (TPSA) is 125 Å². The lowest BCUT2D eigenvalue weighted by Gasteiger charge is -2.30. The van der Waals surface area contributed by atoms with Crippen LogP contribution in [0.5, 0.6) is 5.75 Å². The molecule has 0 atom stereocenters. The maximum atomic E-state index is 12.5. The van der Waals surface area contributed by atoms with Gasteiger partial charge in [-0.1, -0.05) is 30.9 Å². The number of carbonyl (C=O) groups is 4. The first-order valence-electron chi connectivity index (χ1n) is 8.44. The van der Waals surface area contributed by atoms with E-state index in [-0.39, 0.29) is 16.3 Å². The summed E-state index contributed by atoms with van der Waals surface area (Å²) in [4.78, 5) is 48.5. The average molecular weight is 396 g/mol. The molecule has 1 aliphatic heterocycles. The smallest absolute Gasteiger partial charge is 0.344 e. The van der Waals surface area contributed by atoms with Gasteiger partial charge in [0, 0.05) is 5.02 Å². The van der Waals surface area contributed by atoms with Crippen LogP contribution in [0.25, 0.3) is 0 Å². The summed E-state index contributed by atoms with van der Waals surface area (Å²) >= 11 is 5.68. The van der Waals surface area contributed by atoms with Crippen molar-refractivity contribution in [3.8, 4) is 5.75 Å². The van der Waals surface area contributed by atoms with Gasteiger partial charge in [0.25, 0.3) is 11.8 Å². The van der Waals surface area contributed by atoms with Gasteiger partial charge < -0.3 is 15.2 Å². The molecule has 2 aliphatic rings. The van der Waals surface area contributed by atoms with Crippen molar-refractivity contribution in [3.05, 3.63) is 28.8 Å². The third-order valence-corrected chi connectivity index (χ3v) is 4.85. The Morgan fingerprint density at radius 1 is 1.26 bits per heavy atom. The number of hydrogen-bond acceptors (Lipinski definition) is 6. The number of hydrazine groups is 1. The molecule has 3 rings (SSSR count). The molecule has 1 saturated carbocycles. The molecule has 1 heterocycles. The molecule has 0 radical (unpaired) electrons. The Morgan fingerprint density at radius 2 is 1.96 bits per heavy atom. The monoisotopic (exact) mass is 395 g/mol. The standard InChI is InChI=1S/C17H18ClN3O6/c18-10-4-5-11(12(22)8-10)14(24)27-9-13(23)20-21-15(25)17(19-16(21)26)6-2-1-3-7-17/h4-5,8,22H,1-3,6-7,9H2,(H,19,26)(H,20,23). The number of hydrogen-bond donors (Lipinski definition) is 3. The van der Waals surface area contributed by atoms with Crippen LogP contribution in [0.3, 0.4) is 0 Å². The van der Waals surface area contributed by atoms with Crippen molar-refractivity contribution >= 4 is 35.4 Å². The van der Waals surface area contributed by atoms with Crippen molar-refractivity contribution in [2.45, 2.75) is 37.6 Å². The average Bonchev–Trinajstić information content (AvgIpc) is 2.84. The van der Waals surface area contributed by atoms with E-state index < -0.39 is 36.0 Å². The first kappa shape index (κ1) is 19.0. The van der Waals surface area contributed by atoms with E-state index in [2.05, 4.69) is 10.7 Å². The number of rotatable bonds is 4. The molecule has 9 nitrogen and oxygen atoms in total. The second-order valence-corrected chi connectivity index (χ2v) is 6.92. The van der Waals surface area contributed by atoms with Crippen LogP contribution in [0.2, 0.25) is 5.02 Å². The quantitative estimate of drug-likeness (QED) is 0.524. The summed E-state index contributed by atoms with van der Waals surface area (Å²) in [5, 5.41) is 13.2. The van der Waals surface area contributed by atoms with Gasteiger partial charge in [0.2, 0.25) is 0 Å². The van der Waals surface area contributed by atoms with Crippen molar-refractivity contribution in [1.29, 1.82) is 0 Å². The number of amides is 4. The van der Waals surface area contributed by atoms with E-state index in [0.29, 0.717) is 17.9 Å². The third-order valence-electron chi connectivity index (χ3n) is 4.62. The highest BCUT2D eigenvalue weighted by Crippen LogP contribution is 2.33. The summed E-state index contributed by atoms with van der Waals surface area (Å²) < 4.78 is 4.80. The molecule has 1 aliphatic carbocycles. The number of phenolic OH excluding ortho intramolecular Hbond substituents is 1. The number of urea groups is 1. The van der Waals surface area contributed by atoms with E-state index in [0.717, 1.165) is 25.3 Å². The van der Waals surface area contributed by atoms with E-state index in [1.165, 1.54) is 12.1 Å². The molecular formula is C17H18ClN3O6. The highest BCUT2D eigenvalue weighted by atomic mass is 35.5. The Balaban J connectivity index is 1.57. The fourth-order valence-corrected chi connectivity index (χ4v) is 3.43. The number of nitrogens with zero attached hydrogens (tertiary/aromatic N) is 1. The van der Waals surface area contributed by atoms with E-state index >= 15 is 0 Å². The van der Waals surface area contributed by atoms with Crippen molar-refractivity contribution in [1.82, 2.24) is 15.8 Å². The lowest BCUT2D eigenvalue weighted by molar-refractivity contribution is -0.140. The van der Waals surface area contributed by atoms with Gasteiger partial charge in [-0.15, -0.1) is 0 Å². The number of halogens is 1. The largest absolute Gasteiger partial charge is 0.507 e. The molecule has 2 fully saturated rings. The molecule has 3 N–H and O–H groups in total. The maximum absolute atomic E-state index is 12.5. The van der Waals surface area contributed by atoms with Gasteiger partial charge in [-0.3, -0.25) is 15.0 Å². The molecule has 0 aromatic heterocycles. The number of imide groups is 1. The van der Waals surface area contributed by atoms with E-state index in [9.17, 15) is 24.3 Å². The zero-order chi connectivity index (χ0) is 19.6. The lowest BCUT2D eigenvalue weighted by Crippen LogP contribution is -2.51. The fraction of sp³-hybridized carbons (Fsp3) is 0.412. The van der Waals surface area contributed by atoms with Gasteiger partial charge in [0.1, 0.15) is 16.9 Å². The molecule has 1 aromatic carbocycles. The van der Waals surface area contributed by atoms with Gasteiger partial charge >= 0.3 is 12.0 Å². The van der Waals surface area contributed by atoms with Crippen molar-refractivity contribution in [3.63, 3.8) is 0 Å². The second-order valence-electron chi connectivity index (χ2n) is 6.49. The third kappa shape index (κ3) is 3.82. The van der Waals surface area contributed by atoms with Crippen molar-refractivity contribution in [2.75, 3.05) is 6.61 Å². The molecule has 1 saturated heterocycles. The van der Waals surface area contributed by atoms with Crippen LogP contribution in [0.4, 0.5) is 4.79 Å². The van der Waals surface area contributed by atoms with Crippen LogP contribution in [0.1, 0.15) is 42.5 Å². The Hall–Kier alpha value is -2.81. The highest BCUT2D eigenvalue weighted by Gasteiger charge is 2.52. The predicted molar refractivity (Wildman–Crippen MR) is 92.7 cm³/mol. The number of phenols is 1. The summed E-state index contributed by atoms with van der Waals surface area (Å²) in [6, 6.07) is 3.09. The Labute approximate surface area is 159 Å². The van der Waals surface area contributed by atoms with Gasteiger partial charge in [0.15, 0.2) is 6.61 Å². The molecule has 1 spiro atoms. The Kier molecular flexibility index (Phi) is 5.22. The Morgan fingerprint density at radius 3 is 2.63 bits per heavy atom. The fourth-order valence-electron chi connectivity index (χ4n) is 3.26. The van der Waals surface area contributed by atoms with Crippen LogP contribution >= 0.6 is 11.6 Å². The minimum Gasteiger partial charge on any atom is -0.507 e. The number of aromatic hydroxyl groups is 1. The first-order valence-corrected chi connectivity index (χ1v) is 8.82. The molecule has 27 heavy (non-hydrogen) atoms. The minimum absolute atomic E-state index is 0.164. The van der Waals surface area contributed by atoms with Crippen LogP contribution in [-0.4, -0.2) is 46.1 Å². The zero-order valence-electron chi connectivity index (χ0n) is 14.3. The number of ether oxygens (including phenoxy) is 1. The van der Waals surface area contributed by atoms with Crippen molar-refractivity contribution < 1.29 is 29.0 Å². The van der Waals surface area contributed by atoms with Crippen LogP contribution in [-0.2, 0) is 14.3 Å². The summed E-state index contributed by atoms with van der Waals surface area (Å²) in [6.07, 6.45) is 3.67. The van der Waals surface area contributed by atoms with E-state index in [1.807, 2.05) is 0 Å². The molecule has 0 unspecified atom stereocenters. The number of carbonyl (C=O) groups excluding carboxylic acids is 4. The normalized spacial score (nSPS) is 18.3. The molecule has 0 bridgehead atoms. The van der Waals surface area contributed by atoms with E-state index in [4.69, 9.17) is 16.3 Å². The minimum atomic E-state index is -0.964. The Bertz CT molecular complexity index is 806. The zero-order valence-corrected chi connectivity index (χ0v) is 15.0. The number of benzene rings is 1. The second kappa shape index (κ2) is 7.43. The molecular weight excluding hydrogens is 378 g/mol. The van der Waals surface area contributed by atoms with Gasteiger partial charge in [-0.25, -0.2) is 9.59 Å². The van der Waals surface area contributed by atoms with Gasteiger partial charge in [0.05, 0.1) is 0 Å². The summed E-state index contributed by atoms with van der Waals surface area (Å²) in [5.41, 5.74) is 1.03. The van der Waals surface area contributed by atoms with Crippen LogP contribution in [0.15, 0.2) is 18.2 Å². The molecule has 144 valence electrons. The molecule has 10 heteroatoms. The molecule has 1 aromatic rings. The number of esters is 1. The lowest BCUT2D eigenvalue weighted by atomic mass is 9.82. The highest BCUT2D eigenvalue weighted by molar-refractivity contribution is 6.30. The summed E-state index contributed by atoms with van der Waals surface area (Å²) in [5.74, 6) is -2.70. The number of nitrogens with one attached hydrogen (secondary N) is 2.